The molecular weight excluding hydrogens is 333 g/mol. The number of phenolic OH excluding ortho intramolecular Hbond substituents is 1. The van der Waals surface area contributed by atoms with E-state index in [4.69, 9.17) is 23.2 Å². The van der Waals surface area contributed by atoms with E-state index < -0.39 is 10.0 Å². The highest BCUT2D eigenvalue weighted by Gasteiger charge is 2.19. The molecule has 0 saturated heterocycles. The summed E-state index contributed by atoms with van der Waals surface area (Å²) in [5, 5.41) is 10.2. The third kappa shape index (κ3) is 3.26. The number of anilines is 1. The topological polar surface area (TPSA) is 66.4 Å². The van der Waals surface area contributed by atoms with Crippen LogP contribution >= 0.6 is 23.2 Å². The van der Waals surface area contributed by atoms with Crippen LogP contribution in [0.25, 0.3) is 0 Å². The average Bonchev–Trinajstić information content (AvgIpc) is 2.42. The largest absolute Gasteiger partial charge is 0.504 e. The zero-order chi connectivity index (χ0) is 15.8. The average molecular weight is 346 g/mol. The Bertz CT molecular complexity index is 787. The van der Waals surface area contributed by atoms with Crippen molar-refractivity contribution in [3.05, 3.63) is 51.5 Å². The monoisotopic (exact) mass is 345 g/mol. The minimum Gasteiger partial charge on any atom is -0.504 e. The Kier molecular flexibility index (Phi) is 4.37. The third-order valence-corrected chi connectivity index (χ3v) is 5.23. The van der Waals surface area contributed by atoms with Gasteiger partial charge in [0.05, 0.1) is 15.6 Å². The van der Waals surface area contributed by atoms with Crippen molar-refractivity contribution in [2.24, 2.45) is 0 Å². The zero-order valence-electron chi connectivity index (χ0n) is 11.3. The van der Waals surface area contributed by atoms with Crippen LogP contribution in [0.1, 0.15) is 11.1 Å². The molecule has 2 aromatic carbocycles. The molecule has 2 N–H and O–H groups in total. The molecule has 0 heterocycles. The Labute approximate surface area is 133 Å². The number of halogens is 2. The van der Waals surface area contributed by atoms with E-state index in [0.29, 0.717) is 5.56 Å². The fraction of sp³-hybridized carbons (Fsp3) is 0.143. The minimum atomic E-state index is -3.83. The van der Waals surface area contributed by atoms with Gasteiger partial charge in [-0.1, -0.05) is 40.9 Å². The van der Waals surface area contributed by atoms with Crippen molar-refractivity contribution in [1.82, 2.24) is 0 Å². The SMILES string of the molecule is Cc1ccc(S(=O)(=O)Nc2cc(Cl)c(C)c(Cl)c2O)cc1. The molecule has 0 aromatic heterocycles. The summed E-state index contributed by atoms with van der Waals surface area (Å²) in [5.74, 6) is -0.353. The van der Waals surface area contributed by atoms with Crippen molar-refractivity contribution in [2.45, 2.75) is 18.7 Å². The van der Waals surface area contributed by atoms with Crippen molar-refractivity contribution in [2.75, 3.05) is 4.72 Å². The first-order valence-corrected chi connectivity index (χ1v) is 8.23. The second kappa shape index (κ2) is 5.75. The van der Waals surface area contributed by atoms with Gasteiger partial charge in [-0.2, -0.15) is 0 Å². The summed E-state index contributed by atoms with van der Waals surface area (Å²) < 4.78 is 26.8. The smallest absolute Gasteiger partial charge is 0.262 e. The molecule has 0 aliphatic carbocycles. The third-order valence-electron chi connectivity index (χ3n) is 3.00. The standard InChI is InChI=1S/C14H13Cl2NO3S/c1-8-3-5-10(6-4-8)21(19,20)17-12-7-11(15)9(2)13(16)14(12)18/h3-7,17-18H,1-2H3. The summed E-state index contributed by atoms with van der Waals surface area (Å²) in [5.41, 5.74) is 1.36. The second-order valence-corrected chi connectivity index (χ2v) is 7.08. The highest BCUT2D eigenvalue weighted by molar-refractivity contribution is 7.92. The van der Waals surface area contributed by atoms with Crippen molar-refractivity contribution >= 4 is 38.9 Å². The predicted molar refractivity (Wildman–Crippen MR) is 84.9 cm³/mol. The molecule has 0 amide bonds. The molecule has 0 radical (unpaired) electrons. The van der Waals surface area contributed by atoms with Gasteiger partial charge in [0.25, 0.3) is 10.0 Å². The number of aryl methyl sites for hydroxylation is 1. The molecule has 0 bridgehead atoms. The molecule has 4 nitrogen and oxygen atoms in total. The van der Waals surface area contributed by atoms with Gasteiger partial charge >= 0.3 is 0 Å². The van der Waals surface area contributed by atoms with Crippen LogP contribution in [0.3, 0.4) is 0 Å². The van der Waals surface area contributed by atoms with E-state index in [1.165, 1.54) is 18.2 Å². The number of hydrogen-bond donors (Lipinski definition) is 2. The van der Waals surface area contributed by atoms with Crippen molar-refractivity contribution in [3.8, 4) is 5.75 Å². The highest BCUT2D eigenvalue weighted by Crippen LogP contribution is 2.39. The summed E-state index contributed by atoms with van der Waals surface area (Å²) in [6, 6.07) is 7.65. The van der Waals surface area contributed by atoms with Crippen LogP contribution < -0.4 is 4.72 Å². The van der Waals surface area contributed by atoms with Gasteiger partial charge in [0, 0.05) is 5.02 Å². The lowest BCUT2D eigenvalue weighted by atomic mass is 10.2. The normalized spacial score (nSPS) is 11.4. The lowest BCUT2D eigenvalue weighted by Gasteiger charge is -2.13. The fourth-order valence-electron chi connectivity index (χ4n) is 1.70. The Balaban J connectivity index is 2.44. The number of nitrogens with one attached hydrogen (secondary N) is 1. The number of rotatable bonds is 3. The molecular formula is C14H13Cl2NO3S. The van der Waals surface area contributed by atoms with Crippen LogP contribution in [0.2, 0.25) is 10.0 Å². The second-order valence-electron chi connectivity index (χ2n) is 4.61. The number of aromatic hydroxyl groups is 1. The molecule has 2 rings (SSSR count). The van der Waals surface area contributed by atoms with E-state index >= 15 is 0 Å². The molecule has 0 aliphatic rings. The van der Waals surface area contributed by atoms with E-state index in [0.717, 1.165) is 5.56 Å². The Morgan fingerprint density at radius 1 is 1.10 bits per heavy atom. The van der Waals surface area contributed by atoms with Gasteiger partial charge in [0.2, 0.25) is 0 Å². The van der Waals surface area contributed by atoms with Crippen LogP contribution in [0, 0.1) is 13.8 Å². The van der Waals surface area contributed by atoms with Gasteiger partial charge in [-0.05, 0) is 37.6 Å². The first kappa shape index (κ1) is 15.9. The lowest BCUT2D eigenvalue weighted by molar-refractivity contribution is 0.477. The molecule has 21 heavy (non-hydrogen) atoms. The molecule has 0 spiro atoms. The summed E-state index contributed by atoms with van der Waals surface area (Å²) in [6.45, 7) is 3.48. The van der Waals surface area contributed by atoms with E-state index in [-0.39, 0.29) is 26.4 Å². The zero-order valence-corrected chi connectivity index (χ0v) is 13.6. The molecule has 0 fully saturated rings. The summed E-state index contributed by atoms with van der Waals surface area (Å²) in [6.07, 6.45) is 0. The number of sulfonamides is 1. The van der Waals surface area contributed by atoms with Gasteiger partial charge in [-0.15, -0.1) is 0 Å². The first-order chi connectivity index (χ1) is 9.72. The lowest BCUT2D eigenvalue weighted by Crippen LogP contribution is -2.13. The van der Waals surface area contributed by atoms with Gasteiger partial charge in [-0.25, -0.2) is 8.42 Å². The van der Waals surface area contributed by atoms with Crippen LogP contribution in [-0.4, -0.2) is 13.5 Å². The van der Waals surface area contributed by atoms with Gasteiger partial charge in [-0.3, -0.25) is 4.72 Å². The molecule has 0 atom stereocenters. The van der Waals surface area contributed by atoms with E-state index in [2.05, 4.69) is 4.72 Å². The van der Waals surface area contributed by atoms with Crippen LogP contribution in [-0.2, 0) is 10.0 Å². The number of phenols is 1. The van der Waals surface area contributed by atoms with Gasteiger partial charge < -0.3 is 5.11 Å². The Hall–Kier alpha value is -1.43. The highest BCUT2D eigenvalue weighted by atomic mass is 35.5. The van der Waals surface area contributed by atoms with E-state index in [1.807, 2.05) is 6.92 Å². The molecule has 0 aliphatic heterocycles. The summed E-state index contributed by atoms with van der Waals surface area (Å²) >= 11 is 11.9. The maximum Gasteiger partial charge on any atom is 0.262 e. The fourth-order valence-corrected chi connectivity index (χ4v) is 3.22. The van der Waals surface area contributed by atoms with Crippen molar-refractivity contribution in [3.63, 3.8) is 0 Å². The predicted octanol–water partition coefficient (Wildman–Crippen LogP) is 4.12. The van der Waals surface area contributed by atoms with Gasteiger partial charge in [0.15, 0.2) is 5.75 Å². The minimum absolute atomic E-state index is 0.0177. The summed E-state index contributed by atoms with van der Waals surface area (Å²) in [7, 11) is -3.83. The first-order valence-electron chi connectivity index (χ1n) is 5.99. The van der Waals surface area contributed by atoms with Crippen LogP contribution in [0.15, 0.2) is 35.2 Å². The molecule has 7 heteroatoms. The van der Waals surface area contributed by atoms with Crippen LogP contribution in [0.5, 0.6) is 5.75 Å². The Morgan fingerprint density at radius 2 is 1.67 bits per heavy atom. The number of hydrogen-bond acceptors (Lipinski definition) is 3. The van der Waals surface area contributed by atoms with Crippen LogP contribution in [0.4, 0.5) is 5.69 Å². The molecule has 2 aromatic rings. The quantitative estimate of drug-likeness (QED) is 0.822. The Morgan fingerprint density at radius 3 is 2.24 bits per heavy atom. The maximum atomic E-state index is 12.3. The van der Waals surface area contributed by atoms with E-state index in [1.54, 1.807) is 19.1 Å². The van der Waals surface area contributed by atoms with Gasteiger partial charge in [0.1, 0.15) is 0 Å². The maximum absolute atomic E-state index is 12.3. The molecule has 0 unspecified atom stereocenters. The number of benzene rings is 2. The molecule has 112 valence electrons. The van der Waals surface area contributed by atoms with Crippen molar-refractivity contribution in [1.29, 1.82) is 0 Å². The van der Waals surface area contributed by atoms with E-state index in [9.17, 15) is 13.5 Å². The van der Waals surface area contributed by atoms with Crippen molar-refractivity contribution < 1.29 is 13.5 Å². The summed E-state index contributed by atoms with van der Waals surface area (Å²) in [4.78, 5) is 0.0836. The molecule has 0 saturated carbocycles.